The van der Waals surface area contributed by atoms with Gasteiger partial charge in [0.1, 0.15) is 21.9 Å². The van der Waals surface area contributed by atoms with E-state index in [1.807, 2.05) is 12.1 Å². The predicted molar refractivity (Wildman–Crippen MR) is 99.7 cm³/mol. The number of aromatic nitrogens is 2. The van der Waals surface area contributed by atoms with Crippen molar-refractivity contribution in [2.45, 2.75) is 24.8 Å². The average molecular weight is 355 g/mol. The lowest BCUT2D eigenvalue weighted by Crippen LogP contribution is -1.88. The summed E-state index contributed by atoms with van der Waals surface area (Å²) in [5, 5.41) is 10.8. The molecule has 2 heterocycles. The van der Waals surface area contributed by atoms with Crippen LogP contribution >= 0.6 is 23.1 Å². The number of unbranched alkanes of at least 4 members (excludes halogenated alkanes) is 1. The minimum atomic E-state index is 0.579. The van der Waals surface area contributed by atoms with Crippen LogP contribution in [-0.2, 0) is 0 Å². The standard InChI is InChI=1S/C18H17N3OS2/c1-12-15(13-5-7-14(22-2)8-6-13)16-17(23-10-4-3-9-19)20-11-21-18(16)24-12/h5-8,11H,3-4,10H2,1-2H3. The molecule has 0 bridgehead atoms. The van der Waals surface area contributed by atoms with Crippen LogP contribution in [0, 0.1) is 18.3 Å². The van der Waals surface area contributed by atoms with Gasteiger partial charge >= 0.3 is 0 Å². The zero-order valence-electron chi connectivity index (χ0n) is 13.6. The molecule has 2 aromatic heterocycles. The quantitative estimate of drug-likeness (QED) is 0.351. The highest BCUT2D eigenvalue weighted by Gasteiger charge is 2.17. The summed E-state index contributed by atoms with van der Waals surface area (Å²) < 4.78 is 5.25. The van der Waals surface area contributed by atoms with Gasteiger partial charge in [0.2, 0.25) is 0 Å². The highest BCUT2D eigenvalue weighted by Crippen LogP contribution is 2.41. The van der Waals surface area contributed by atoms with Gasteiger partial charge in [-0.15, -0.1) is 23.1 Å². The van der Waals surface area contributed by atoms with Crippen molar-refractivity contribution in [2.75, 3.05) is 12.9 Å². The van der Waals surface area contributed by atoms with Crippen molar-refractivity contribution in [3.63, 3.8) is 0 Å². The second kappa shape index (κ2) is 7.65. The second-order valence-electron chi connectivity index (χ2n) is 5.23. The molecule has 0 aliphatic carbocycles. The smallest absolute Gasteiger partial charge is 0.128 e. The highest BCUT2D eigenvalue weighted by molar-refractivity contribution is 7.99. The third-order valence-corrected chi connectivity index (χ3v) is 5.77. The Morgan fingerprint density at radius 1 is 1.25 bits per heavy atom. The first-order chi connectivity index (χ1) is 11.7. The van der Waals surface area contributed by atoms with E-state index < -0.39 is 0 Å². The largest absolute Gasteiger partial charge is 0.497 e. The fourth-order valence-corrected chi connectivity index (χ4v) is 4.58. The van der Waals surface area contributed by atoms with Crippen LogP contribution in [0.2, 0.25) is 0 Å². The Bertz CT molecular complexity index is 882. The zero-order chi connectivity index (χ0) is 16.9. The maximum absolute atomic E-state index is 8.68. The van der Waals surface area contributed by atoms with Crippen molar-refractivity contribution in [3.05, 3.63) is 35.5 Å². The van der Waals surface area contributed by atoms with Gasteiger partial charge in [-0.2, -0.15) is 5.26 Å². The summed E-state index contributed by atoms with van der Waals surface area (Å²) in [6.07, 6.45) is 3.07. The molecule has 0 unspecified atom stereocenters. The number of rotatable bonds is 6. The normalized spacial score (nSPS) is 10.7. The molecular weight excluding hydrogens is 338 g/mol. The van der Waals surface area contributed by atoms with Gasteiger partial charge in [0.05, 0.1) is 18.6 Å². The van der Waals surface area contributed by atoms with Crippen LogP contribution in [0.5, 0.6) is 5.75 Å². The van der Waals surface area contributed by atoms with E-state index in [1.54, 1.807) is 36.5 Å². The molecule has 0 amide bonds. The number of fused-ring (bicyclic) bond motifs is 1. The molecule has 1 aromatic carbocycles. The molecule has 6 heteroatoms. The van der Waals surface area contributed by atoms with Crippen LogP contribution in [-0.4, -0.2) is 22.8 Å². The van der Waals surface area contributed by atoms with E-state index in [2.05, 4.69) is 35.1 Å². The van der Waals surface area contributed by atoms with E-state index in [0.29, 0.717) is 6.42 Å². The molecule has 3 aromatic rings. The molecule has 0 N–H and O–H groups in total. The van der Waals surface area contributed by atoms with E-state index in [-0.39, 0.29) is 0 Å². The summed E-state index contributed by atoms with van der Waals surface area (Å²) in [6, 6.07) is 10.3. The van der Waals surface area contributed by atoms with Gasteiger partial charge in [0.15, 0.2) is 0 Å². The molecule has 0 aliphatic rings. The molecule has 0 radical (unpaired) electrons. The molecule has 0 saturated heterocycles. The van der Waals surface area contributed by atoms with Crippen molar-refractivity contribution in [1.82, 2.24) is 9.97 Å². The zero-order valence-corrected chi connectivity index (χ0v) is 15.2. The Morgan fingerprint density at radius 2 is 2.04 bits per heavy atom. The first kappa shape index (κ1) is 16.7. The number of nitriles is 1. The fraction of sp³-hybridized carbons (Fsp3) is 0.278. The van der Waals surface area contributed by atoms with Crippen LogP contribution in [0.1, 0.15) is 17.7 Å². The first-order valence-electron chi connectivity index (χ1n) is 7.63. The van der Waals surface area contributed by atoms with Crippen molar-refractivity contribution in [2.24, 2.45) is 0 Å². The van der Waals surface area contributed by atoms with Gasteiger partial charge in [0, 0.05) is 22.6 Å². The minimum absolute atomic E-state index is 0.579. The number of benzene rings is 1. The topological polar surface area (TPSA) is 58.8 Å². The first-order valence-corrected chi connectivity index (χ1v) is 9.43. The van der Waals surface area contributed by atoms with Crippen molar-refractivity contribution in [1.29, 1.82) is 5.26 Å². The SMILES string of the molecule is COc1ccc(-c2c(C)sc3ncnc(SCCCC#N)c23)cc1. The van der Waals surface area contributed by atoms with Gasteiger partial charge in [-0.1, -0.05) is 12.1 Å². The van der Waals surface area contributed by atoms with Gasteiger partial charge in [-0.05, 0) is 31.0 Å². The van der Waals surface area contributed by atoms with E-state index in [9.17, 15) is 0 Å². The monoisotopic (exact) mass is 355 g/mol. The third kappa shape index (κ3) is 3.37. The maximum atomic E-state index is 8.68. The van der Waals surface area contributed by atoms with Crippen molar-refractivity contribution < 1.29 is 4.74 Å². The summed E-state index contributed by atoms with van der Waals surface area (Å²) in [6.45, 7) is 2.12. The predicted octanol–water partition coefficient (Wildman–Crippen LogP) is 5.07. The molecule has 24 heavy (non-hydrogen) atoms. The van der Waals surface area contributed by atoms with E-state index in [1.165, 1.54) is 10.4 Å². The van der Waals surface area contributed by atoms with Crippen molar-refractivity contribution >= 4 is 33.3 Å². The Kier molecular flexibility index (Phi) is 5.34. The summed E-state index contributed by atoms with van der Waals surface area (Å²) in [4.78, 5) is 11.2. The maximum Gasteiger partial charge on any atom is 0.128 e. The highest BCUT2D eigenvalue weighted by atomic mass is 32.2. The average Bonchev–Trinajstić information content (AvgIpc) is 2.95. The minimum Gasteiger partial charge on any atom is -0.497 e. The Balaban J connectivity index is 2.03. The fourth-order valence-electron chi connectivity index (χ4n) is 2.55. The van der Waals surface area contributed by atoms with E-state index >= 15 is 0 Å². The van der Waals surface area contributed by atoms with Gasteiger partial charge in [-0.3, -0.25) is 0 Å². The molecule has 0 aliphatic heterocycles. The molecule has 0 saturated carbocycles. The van der Waals surface area contributed by atoms with Crippen LogP contribution in [0.25, 0.3) is 21.3 Å². The van der Waals surface area contributed by atoms with Crippen LogP contribution in [0.4, 0.5) is 0 Å². The van der Waals surface area contributed by atoms with Gasteiger partial charge in [-0.25, -0.2) is 9.97 Å². The number of hydrogen-bond donors (Lipinski definition) is 0. The van der Waals surface area contributed by atoms with Crippen LogP contribution in [0.15, 0.2) is 35.6 Å². The Morgan fingerprint density at radius 3 is 2.75 bits per heavy atom. The number of hydrogen-bond acceptors (Lipinski definition) is 6. The Hall–Kier alpha value is -2.10. The van der Waals surface area contributed by atoms with E-state index in [0.717, 1.165) is 38.7 Å². The van der Waals surface area contributed by atoms with Gasteiger partial charge < -0.3 is 4.74 Å². The van der Waals surface area contributed by atoms with Gasteiger partial charge in [0.25, 0.3) is 0 Å². The molecular formula is C18H17N3OS2. The number of thiophene rings is 1. The third-order valence-electron chi connectivity index (χ3n) is 3.68. The number of aryl methyl sites for hydroxylation is 1. The number of methoxy groups -OCH3 is 1. The lowest BCUT2D eigenvalue weighted by atomic mass is 10.0. The number of thioether (sulfide) groups is 1. The van der Waals surface area contributed by atoms with Crippen LogP contribution < -0.4 is 4.74 Å². The second-order valence-corrected chi connectivity index (χ2v) is 7.52. The molecule has 122 valence electrons. The Labute approximate surface area is 149 Å². The molecule has 4 nitrogen and oxygen atoms in total. The summed E-state index contributed by atoms with van der Waals surface area (Å²) in [5.74, 6) is 1.73. The lowest BCUT2D eigenvalue weighted by Gasteiger charge is -2.07. The summed E-state index contributed by atoms with van der Waals surface area (Å²) >= 11 is 3.39. The summed E-state index contributed by atoms with van der Waals surface area (Å²) in [7, 11) is 1.67. The summed E-state index contributed by atoms with van der Waals surface area (Å²) in [5.41, 5.74) is 2.34. The molecule has 0 atom stereocenters. The van der Waals surface area contributed by atoms with E-state index in [4.69, 9.17) is 10.00 Å². The van der Waals surface area contributed by atoms with Crippen molar-refractivity contribution in [3.8, 4) is 22.9 Å². The number of ether oxygens (including phenoxy) is 1. The lowest BCUT2D eigenvalue weighted by molar-refractivity contribution is 0.415. The molecule has 3 rings (SSSR count). The van der Waals surface area contributed by atoms with Crippen LogP contribution in [0.3, 0.4) is 0 Å². The number of nitrogens with zero attached hydrogens (tertiary/aromatic N) is 3. The molecule has 0 spiro atoms. The molecule has 0 fully saturated rings.